The van der Waals surface area contributed by atoms with Crippen LogP contribution in [0.4, 0.5) is 0 Å². The second-order valence-corrected chi connectivity index (χ2v) is 6.41. The second kappa shape index (κ2) is 6.51. The summed E-state index contributed by atoms with van der Waals surface area (Å²) in [5, 5.41) is 10.6. The van der Waals surface area contributed by atoms with E-state index in [1.165, 1.54) is 16.7 Å². The van der Waals surface area contributed by atoms with Crippen LogP contribution in [-0.2, 0) is 12.8 Å². The molecule has 3 aromatic rings. The van der Waals surface area contributed by atoms with Crippen LogP contribution in [0.5, 0.6) is 0 Å². The summed E-state index contributed by atoms with van der Waals surface area (Å²) < 4.78 is 0. The van der Waals surface area contributed by atoms with Gasteiger partial charge in [-0.1, -0.05) is 54.6 Å². The molecule has 1 N–H and O–H groups in total. The molecule has 0 aliphatic carbocycles. The number of nitrogens with zero attached hydrogens (tertiary/aromatic N) is 3. The molecule has 0 fully saturated rings. The molecule has 25 heavy (non-hydrogen) atoms. The minimum absolute atomic E-state index is 0.0101. The smallest absolute Gasteiger partial charge is 0.276 e. The molecule has 1 aliphatic heterocycles. The average molecular weight is 332 g/mol. The van der Waals surface area contributed by atoms with Crippen molar-refractivity contribution >= 4 is 5.91 Å². The molecule has 2 heterocycles. The third-order valence-corrected chi connectivity index (χ3v) is 4.87. The van der Waals surface area contributed by atoms with E-state index in [4.69, 9.17) is 0 Å². The Labute approximate surface area is 146 Å². The molecular weight excluding hydrogens is 312 g/mol. The Morgan fingerprint density at radius 3 is 2.64 bits per heavy atom. The maximum absolute atomic E-state index is 13.1. The molecule has 0 saturated carbocycles. The quantitative estimate of drug-likeness (QED) is 0.802. The predicted molar refractivity (Wildman–Crippen MR) is 95.2 cm³/mol. The average Bonchev–Trinajstić information content (AvgIpc) is 3.08. The van der Waals surface area contributed by atoms with Gasteiger partial charge in [0, 0.05) is 6.54 Å². The molecule has 126 valence electrons. The van der Waals surface area contributed by atoms with Crippen molar-refractivity contribution in [3.63, 3.8) is 0 Å². The third kappa shape index (κ3) is 2.93. The van der Waals surface area contributed by atoms with E-state index in [0.29, 0.717) is 17.9 Å². The highest BCUT2D eigenvalue weighted by Gasteiger charge is 2.33. The first-order valence-corrected chi connectivity index (χ1v) is 8.54. The van der Waals surface area contributed by atoms with Crippen molar-refractivity contribution in [2.75, 3.05) is 6.54 Å². The molecule has 1 atom stereocenters. The van der Waals surface area contributed by atoms with Gasteiger partial charge in [0.2, 0.25) is 0 Å². The van der Waals surface area contributed by atoms with Crippen LogP contribution < -0.4 is 0 Å². The lowest BCUT2D eigenvalue weighted by atomic mass is 9.88. The Kier molecular flexibility index (Phi) is 4.06. The number of amides is 1. The highest BCUT2D eigenvalue weighted by Crippen LogP contribution is 2.33. The van der Waals surface area contributed by atoms with Gasteiger partial charge < -0.3 is 4.90 Å². The largest absolute Gasteiger partial charge is 0.329 e. The molecule has 1 unspecified atom stereocenters. The van der Waals surface area contributed by atoms with Gasteiger partial charge in [-0.05, 0) is 36.5 Å². The fourth-order valence-electron chi connectivity index (χ4n) is 3.57. The summed E-state index contributed by atoms with van der Waals surface area (Å²) >= 11 is 0. The fraction of sp³-hybridized carbons (Fsp3) is 0.250. The van der Waals surface area contributed by atoms with Crippen molar-refractivity contribution in [1.29, 1.82) is 0 Å². The molecule has 0 spiro atoms. The summed E-state index contributed by atoms with van der Waals surface area (Å²) in [6.45, 7) is 2.50. The number of H-pyrrole nitrogens is 1. The van der Waals surface area contributed by atoms with Gasteiger partial charge in [-0.2, -0.15) is 15.4 Å². The molecule has 0 bridgehead atoms. The van der Waals surface area contributed by atoms with Crippen LogP contribution in [0.3, 0.4) is 0 Å². The minimum Gasteiger partial charge on any atom is -0.329 e. The molecule has 0 saturated heterocycles. The Morgan fingerprint density at radius 2 is 1.88 bits per heavy atom. The lowest BCUT2D eigenvalue weighted by Crippen LogP contribution is -2.41. The predicted octanol–water partition coefficient (Wildman–Crippen LogP) is 3.10. The molecule has 5 nitrogen and oxygen atoms in total. The third-order valence-electron chi connectivity index (χ3n) is 4.87. The zero-order valence-electron chi connectivity index (χ0n) is 14.1. The molecule has 2 aromatic carbocycles. The van der Waals surface area contributed by atoms with Gasteiger partial charge in [-0.15, -0.1) is 0 Å². The number of nitrogens with one attached hydrogen (secondary N) is 1. The number of hydrogen-bond acceptors (Lipinski definition) is 3. The van der Waals surface area contributed by atoms with E-state index in [2.05, 4.69) is 45.7 Å². The van der Waals surface area contributed by atoms with Crippen molar-refractivity contribution in [3.8, 4) is 0 Å². The molecule has 1 aliphatic rings. The van der Waals surface area contributed by atoms with Crippen LogP contribution in [0.25, 0.3) is 0 Å². The van der Waals surface area contributed by atoms with Crippen molar-refractivity contribution in [3.05, 3.63) is 82.7 Å². The van der Waals surface area contributed by atoms with Crippen LogP contribution >= 0.6 is 0 Å². The summed E-state index contributed by atoms with van der Waals surface area (Å²) in [4.78, 5) is 15.0. The lowest BCUT2D eigenvalue weighted by Gasteiger charge is -2.37. The lowest BCUT2D eigenvalue weighted by molar-refractivity contribution is 0.0653. The number of hydrogen-bond donors (Lipinski definition) is 1. The normalized spacial score (nSPS) is 16.5. The molecule has 1 aromatic heterocycles. The van der Waals surface area contributed by atoms with Crippen molar-refractivity contribution in [1.82, 2.24) is 20.3 Å². The number of benzene rings is 2. The van der Waals surface area contributed by atoms with E-state index in [1.807, 2.05) is 29.2 Å². The van der Waals surface area contributed by atoms with E-state index >= 15 is 0 Å². The first kappa shape index (κ1) is 15.6. The summed E-state index contributed by atoms with van der Waals surface area (Å²) in [6, 6.07) is 18.7. The maximum atomic E-state index is 13.1. The summed E-state index contributed by atoms with van der Waals surface area (Å²) in [5.41, 5.74) is 4.83. The molecule has 5 heteroatoms. The number of carbonyl (C=O) groups excluding carboxylic acids is 1. The van der Waals surface area contributed by atoms with E-state index in [9.17, 15) is 4.79 Å². The van der Waals surface area contributed by atoms with Crippen LogP contribution in [-0.4, -0.2) is 32.8 Å². The number of aryl methyl sites for hydroxylation is 1. The van der Waals surface area contributed by atoms with Crippen molar-refractivity contribution in [2.24, 2.45) is 0 Å². The summed E-state index contributed by atoms with van der Waals surface area (Å²) in [6.07, 6.45) is 1.66. The van der Waals surface area contributed by atoms with E-state index in [0.717, 1.165) is 12.8 Å². The van der Waals surface area contributed by atoms with Gasteiger partial charge in [-0.25, -0.2) is 0 Å². The van der Waals surface area contributed by atoms with E-state index < -0.39 is 0 Å². The zero-order chi connectivity index (χ0) is 17.2. The van der Waals surface area contributed by atoms with Crippen LogP contribution in [0.15, 0.2) is 54.6 Å². The van der Waals surface area contributed by atoms with E-state index in [1.54, 1.807) is 6.92 Å². The highest BCUT2D eigenvalue weighted by atomic mass is 16.2. The van der Waals surface area contributed by atoms with Crippen LogP contribution in [0, 0.1) is 6.92 Å². The van der Waals surface area contributed by atoms with Gasteiger partial charge in [0.25, 0.3) is 5.91 Å². The molecule has 4 rings (SSSR count). The summed E-state index contributed by atoms with van der Waals surface area (Å²) in [7, 11) is 0. The van der Waals surface area contributed by atoms with Crippen LogP contribution in [0.2, 0.25) is 0 Å². The monoisotopic (exact) mass is 332 g/mol. The topological polar surface area (TPSA) is 61.9 Å². The highest BCUT2D eigenvalue weighted by molar-refractivity contribution is 5.93. The van der Waals surface area contributed by atoms with Gasteiger partial charge >= 0.3 is 0 Å². The van der Waals surface area contributed by atoms with Crippen LogP contribution in [0.1, 0.15) is 38.9 Å². The zero-order valence-corrected chi connectivity index (χ0v) is 14.1. The first-order chi connectivity index (χ1) is 12.2. The van der Waals surface area contributed by atoms with Crippen molar-refractivity contribution in [2.45, 2.75) is 25.8 Å². The van der Waals surface area contributed by atoms with E-state index in [-0.39, 0.29) is 11.9 Å². The molecule has 0 radical (unpaired) electrons. The first-order valence-electron chi connectivity index (χ1n) is 8.54. The molecule has 1 amide bonds. The Hall–Kier alpha value is -2.95. The summed E-state index contributed by atoms with van der Waals surface area (Å²) in [5.74, 6) is -0.0540. The number of aromatic amines is 1. The minimum atomic E-state index is -0.0540. The number of rotatable bonds is 3. The van der Waals surface area contributed by atoms with Gasteiger partial charge in [-0.3, -0.25) is 4.79 Å². The number of carbonyl (C=O) groups is 1. The molecular formula is C20H20N4O. The standard InChI is InChI=1S/C20H20N4O/c1-14-19(22-23-21-14)20(25)24-12-11-16-9-5-6-10-17(16)18(24)13-15-7-3-2-4-8-15/h2-10,18H,11-13H2,1H3,(H,21,22,23). The van der Waals surface area contributed by atoms with Gasteiger partial charge in [0.15, 0.2) is 5.69 Å². The number of aromatic nitrogens is 3. The Balaban J connectivity index is 1.72. The van der Waals surface area contributed by atoms with Gasteiger partial charge in [0.05, 0.1) is 11.7 Å². The SMILES string of the molecule is Cc1n[nH]nc1C(=O)N1CCc2ccccc2C1Cc1ccccc1. The van der Waals surface area contributed by atoms with Crippen molar-refractivity contribution < 1.29 is 4.79 Å². The number of fused-ring (bicyclic) bond motifs is 1. The van der Waals surface area contributed by atoms with Gasteiger partial charge in [0.1, 0.15) is 0 Å². The fourth-order valence-corrected chi connectivity index (χ4v) is 3.57. The maximum Gasteiger partial charge on any atom is 0.276 e. The Bertz CT molecular complexity index is 887. The Morgan fingerprint density at radius 1 is 1.12 bits per heavy atom. The second-order valence-electron chi connectivity index (χ2n) is 6.41.